The first-order valence-corrected chi connectivity index (χ1v) is 16.1. The fourth-order valence-corrected chi connectivity index (χ4v) is 5.62. The van der Waals surface area contributed by atoms with Crippen molar-refractivity contribution in [1.29, 1.82) is 0 Å². The number of aliphatic hydroxyl groups excluding tert-OH is 1. The first-order chi connectivity index (χ1) is 21.9. The van der Waals surface area contributed by atoms with E-state index in [4.69, 9.17) is 59.1 Å². The number of hydrogen-bond donors (Lipinski definition) is 3. The van der Waals surface area contributed by atoms with Gasteiger partial charge in [-0.25, -0.2) is 10.4 Å². The Balaban J connectivity index is 1.67. The number of hydrogen-bond acceptors (Lipinski definition) is 8. The molecule has 0 aliphatic carbocycles. The van der Waals surface area contributed by atoms with Gasteiger partial charge in [0.2, 0.25) is 5.90 Å². The van der Waals surface area contributed by atoms with Crippen LogP contribution in [0.3, 0.4) is 0 Å². The number of esters is 1. The number of nitrogens with zero attached hydrogens (tertiary/aromatic N) is 1. The second-order valence-corrected chi connectivity index (χ2v) is 13.1. The molecule has 1 heterocycles. The molecule has 0 spiro atoms. The molecule has 0 saturated heterocycles. The maximum absolute atomic E-state index is 14.2. The van der Waals surface area contributed by atoms with Gasteiger partial charge in [-0.05, 0) is 87.7 Å². The number of aliphatic imine (C=N–C) groups is 1. The van der Waals surface area contributed by atoms with Crippen molar-refractivity contribution < 1.29 is 28.9 Å². The molecule has 9 nitrogen and oxygen atoms in total. The van der Waals surface area contributed by atoms with Crippen molar-refractivity contribution in [3.8, 4) is 5.75 Å². The highest BCUT2D eigenvalue weighted by atomic mass is 35.5. The number of nitrogens with one attached hydrogen (secondary N) is 2. The highest BCUT2D eigenvalue weighted by molar-refractivity contribution is 6.35. The standard InChI is InChI=1S/C34H38Cl3N3O6/c1-33(2,3)46-29(42)14-16-34(32(43)40-38-17-15-22-6-4-7-24(35)20-22)30(27-13-10-25(36)21-28(27)37)45-31(39-34)23-8-11-26(12-9-23)44-19-5-18-41/h4,6-13,20-21,30,38,41H,5,14-19H2,1-3H3,(H,40,43)/t30-,34-/m0/s1. The Hall–Kier alpha value is -3.34. The minimum atomic E-state index is -1.62. The minimum Gasteiger partial charge on any atom is -0.494 e. The van der Waals surface area contributed by atoms with Crippen molar-refractivity contribution in [3.63, 3.8) is 0 Å². The maximum Gasteiger partial charge on any atom is 0.306 e. The predicted molar refractivity (Wildman–Crippen MR) is 180 cm³/mol. The molecule has 1 aliphatic rings. The molecule has 1 amide bonds. The van der Waals surface area contributed by atoms with Crippen LogP contribution in [0.1, 0.15) is 62.8 Å². The first kappa shape index (κ1) is 35.5. The molecule has 46 heavy (non-hydrogen) atoms. The summed E-state index contributed by atoms with van der Waals surface area (Å²) >= 11 is 19.0. The lowest BCUT2D eigenvalue weighted by atomic mass is 9.83. The number of carbonyl (C=O) groups is 2. The number of amides is 1. The van der Waals surface area contributed by atoms with Crippen LogP contribution in [-0.2, 0) is 25.5 Å². The molecule has 3 aromatic rings. The normalized spacial score (nSPS) is 17.6. The predicted octanol–water partition coefficient (Wildman–Crippen LogP) is 6.65. The smallest absolute Gasteiger partial charge is 0.306 e. The number of halogens is 3. The van der Waals surface area contributed by atoms with Crippen LogP contribution in [-0.4, -0.2) is 53.8 Å². The zero-order chi connectivity index (χ0) is 33.3. The summed E-state index contributed by atoms with van der Waals surface area (Å²) in [5.74, 6) is -0.207. The molecule has 246 valence electrons. The van der Waals surface area contributed by atoms with Crippen LogP contribution in [0.4, 0.5) is 0 Å². The quantitative estimate of drug-likeness (QED) is 0.0985. The molecule has 0 saturated carbocycles. The Kier molecular flexibility index (Phi) is 12.3. The highest BCUT2D eigenvalue weighted by Crippen LogP contribution is 2.45. The van der Waals surface area contributed by atoms with Crippen molar-refractivity contribution in [2.45, 2.75) is 63.7 Å². The second kappa shape index (κ2) is 16.0. The van der Waals surface area contributed by atoms with Gasteiger partial charge in [0, 0.05) is 52.2 Å². The Bertz CT molecular complexity index is 1540. The van der Waals surface area contributed by atoms with Crippen molar-refractivity contribution >= 4 is 52.6 Å². The fraction of sp³-hybridized carbons (Fsp3) is 0.382. The molecule has 4 rings (SSSR count). The van der Waals surface area contributed by atoms with Crippen LogP contribution in [0.15, 0.2) is 71.7 Å². The minimum absolute atomic E-state index is 0.0281. The van der Waals surface area contributed by atoms with E-state index in [0.29, 0.717) is 52.9 Å². The summed E-state index contributed by atoms with van der Waals surface area (Å²) in [5, 5.41) is 10.4. The maximum atomic E-state index is 14.2. The molecule has 0 bridgehead atoms. The second-order valence-electron chi connectivity index (χ2n) is 11.8. The molecule has 1 aliphatic heterocycles. The number of rotatable bonds is 14. The van der Waals surface area contributed by atoms with E-state index in [0.717, 1.165) is 5.56 Å². The molecular formula is C34H38Cl3N3O6. The zero-order valence-electron chi connectivity index (χ0n) is 25.9. The van der Waals surface area contributed by atoms with Crippen LogP contribution < -0.4 is 15.6 Å². The molecule has 3 N–H and O–H groups in total. The van der Waals surface area contributed by atoms with E-state index in [9.17, 15) is 9.59 Å². The van der Waals surface area contributed by atoms with E-state index in [1.54, 1.807) is 69.3 Å². The molecular weight excluding hydrogens is 653 g/mol. The lowest BCUT2D eigenvalue weighted by molar-refractivity contribution is -0.155. The van der Waals surface area contributed by atoms with Gasteiger partial charge in [0.15, 0.2) is 11.6 Å². The van der Waals surface area contributed by atoms with Crippen LogP contribution in [0, 0.1) is 0 Å². The summed E-state index contributed by atoms with van der Waals surface area (Å²) in [6.07, 6.45) is -0.0735. The third-order valence-electron chi connectivity index (χ3n) is 7.03. The van der Waals surface area contributed by atoms with Gasteiger partial charge in [-0.15, -0.1) is 0 Å². The van der Waals surface area contributed by atoms with Gasteiger partial charge < -0.3 is 19.3 Å². The average molecular weight is 691 g/mol. The summed E-state index contributed by atoms with van der Waals surface area (Å²) in [5.41, 5.74) is 5.51. The van der Waals surface area contributed by atoms with Gasteiger partial charge in [0.1, 0.15) is 11.4 Å². The van der Waals surface area contributed by atoms with E-state index < -0.39 is 29.1 Å². The van der Waals surface area contributed by atoms with Gasteiger partial charge in [0.25, 0.3) is 5.91 Å². The summed E-state index contributed by atoms with van der Waals surface area (Å²) < 4.78 is 17.7. The summed E-state index contributed by atoms with van der Waals surface area (Å²) in [6.45, 7) is 6.12. The Morgan fingerprint density at radius 2 is 1.76 bits per heavy atom. The number of ether oxygens (including phenoxy) is 3. The van der Waals surface area contributed by atoms with Crippen LogP contribution in [0.5, 0.6) is 5.75 Å². The third-order valence-corrected chi connectivity index (χ3v) is 7.83. The average Bonchev–Trinajstić information content (AvgIpc) is 3.38. The third kappa shape index (κ3) is 9.59. The molecule has 0 aromatic heterocycles. The van der Waals surface area contributed by atoms with Crippen molar-refractivity contribution in [1.82, 2.24) is 10.9 Å². The van der Waals surface area contributed by atoms with Crippen LogP contribution in [0.2, 0.25) is 15.1 Å². The summed E-state index contributed by atoms with van der Waals surface area (Å²) in [4.78, 5) is 32.0. The SMILES string of the molecule is CC(C)(C)OC(=O)CC[C@]1(C(=O)NNCCc2cccc(Cl)c2)N=C(c2ccc(OCCCO)cc2)O[C@H]1c1ccc(Cl)cc1Cl. The first-order valence-electron chi connectivity index (χ1n) is 15.0. The van der Waals surface area contributed by atoms with Crippen LogP contribution >= 0.6 is 34.8 Å². The van der Waals surface area contributed by atoms with E-state index in [2.05, 4.69) is 10.9 Å². The fourth-order valence-electron chi connectivity index (χ4n) is 4.90. The highest BCUT2D eigenvalue weighted by Gasteiger charge is 2.54. The molecule has 3 aromatic carbocycles. The number of benzene rings is 3. The monoisotopic (exact) mass is 689 g/mol. The van der Waals surface area contributed by atoms with Crippen molar-refractivity contribution in [2.75, 3.05) is 19.8 Å². The van der Waals surface area contributed by atoms with Gasteiger partial charge in [-0.2, -0.15) is 0 Å². The number of aliphatic hydroxyl groups is 1. The lowest BCUT2D eigenvalue weighted by Gasteiger charge is -2.31. The van der Waals surface area contributed by atoms with Crippen molar-refractivity contribution in [3.05, 3.63) is 98.5 Å². The van der Waals surface area contributed by atoms with E-state index in [1.807, 2.05) is 18.2 Å². The van der Waals surface area contributed by atoms with Crippen molar-refractivity contribution in [2.24, 2.45) is 4.99 Å². The van der Waals surface area contributed by atoms with Gasteiger partial charge in [-0.1, -0.05) is 53.0 Å². The van der Waals surface area contributed by atoms with Gasteiger partial charge >= 0.3 is 5.97 Å². The van der Waals surface area contributed by atoms with E-state index in [-0.39, 0.29) is 30.4 Å². The number of hydrazine groups is 1. The molecule has 0 unspecified atom stereocenters. The summed E-state index contributed by atoms with van der Waals surface area (Å²) in [7, 11) is 0. The Morgan fingerprint density at radius 1 is 1.02 bits per heavy atom. The Labute approximate surface area is 284 Å². The zero-order valence-corrected chi connectivity index (χ0v) is 28.2. The van der Waals surface area contributed by atoms with Gasteiger partial charge in [-0.3, -0.25) is 15.0 Å². The molecule has 0 fully saturated rings. The Morgan fingerprint density at radius 3 is 2.43 bits per heavy atom. The van der Waals surface area contributed by atoms with Gasteiger partial charge in [0.05, 0.1) is 6.61 Å². The number of carbonyl (C=O) groups excluding carboxylic acids is 2. The molecule has 2 atom stereocenters. The van der Waals surface area contributed by atoms with E-state index in [1.165, 1.54) is 0 Å². The van der Waals surface area contributed by atoms with E-state index >= 15 is 0 Å². The van der Waals surface area contributed by atoms with Crippen LogP contribution in [0.25, 0.3) is 0 Å². The molecule has 12 heteroatoms. The largest absolute Gasteiger partial charge is 0.494 e. The topological polar surface area (TPSA) is 118 Å². The lowest BCUT2D eigenvalue weighted by Crippen LogP contribution is -2.53. The molecule has 0 radical (unpaired) electrons. The summed E-state index contributed by atoms with van der Waals surface area (Å²) in [6, 6.07) is 19.4.